The van der Waals surface area contributed by atoms with Gasteiger partial charge in [-0.3, -0.25) is 4.79 Å². The van der Waals surface area contributed by atoms with Crippen molar-refractivity contribution >= 4 is 31.7 Å². The lowest BCUT2D eigenvalue weighted by Crippen LogP contribution is -2.45. The van der Waals surface area contributed by atoms with Crippen molar-refractivity contribution in [3.63, 3.8) is 0 Å². The van der Waals surface area contributed by atoms with E-state index in [9.17, 15) is 13.2 Å². The van der Waals surface area contributed by atoms with Gasteiger partial charge in [-0.1, -0.05) is 28.1 Å². The topological polar surface area (TPSA) is 89.3 Å². The Bertz CT molecular complexity index is 888. The van der Waals surface area contributed by atoms with Crippen LogP contribution < -0.4 is 5.32 Å². The fraction of sp³-hybridized carbons (Fsp3) is 0.412. The number of rotatable bonds is 6. The van der Waals surface area contributed by atoms with E-state index in [1.165, 1.54) is 6.26 Å². The van der Waals surface area contributed by atoms with Gasteiger partial charge in [-0.25, -0.2) is 13.4 Å². The van der Waals surface area contributed by atoms with Crippen LogP contribution in [0.4, 0.5) is 0 Å². The van der Waals surface area contributed by atoms with Gasteiger partial charge in [0.1, 0.15) is 12.0 Å². The fourth-order valence-corrected chi connectivity index (χ4v) is 3.28. The molecule has 1 heterocycles. The number of hydrogen-bond donors (Lipinski definition) is 1. The standard InChI is InChI=1S/C17H21BrN2O4S/c1-11-7-12(5-6-13(11)18)8-17(2,3)20-16(21)14-9-24-15(19-14)10-25(4,22)23/h5-7,9H,8,10H2,1-4H3,(H,20,21). The van der Waals surface area contributed by atoms with Crippen molar-refractivity contribution < 1.29 is 17.6 Å². The molecule has 0 bridgehead atoms. The molecule has 1 N–H and O–H groups in total. The van der Waals surface area contributed by atoms with E-state index >= 15 is 0 Å². The van der Waals surface area contributed by atoms with Crippen LogP contribution in [-0.2, 0) is 22.0 Å². The van der Waals surface area contributed by atoms with Crippen molar-refractivity contribution in [3.8, 4) is 0 Å². The summed E-state index contributed by atoms with van der Waals surface area (Å²) in [6.45, 7) is 5.84. The second-order valence-corrected chi connectivity index (χ2v) is 9.79. The van der Waals surface area contributed by atoms with Gasteiger partial charge in [0.2, 0.25) is 5.89 Å². The minimum absolute atomic E-state index is 0.00832. The molecule has 136 valence electrons. The Labute approximate surface area is 156 Å². The van der Waals surface area contributed by atoms with Crippen LogP contribution in [0.2, 0.25) is 0 Å². The van der Waals surface area contributed by atoms with Crippen molar-refractivity contribution in [3.05, 3.63) is 51.6 Å². The van der Waals surface area contributed by atoms with Crippen LogP contribution in [0, 0.1) is 6.92 Å². The number of sulfone groups is 1. The van der Waals surface area contributed by atoms with Crippen LogP contribution in [0.1, 0.15) is 41.4 Å². The molecule has 0 radical (unpaired) electrons. The number of halogens is 1. The largest absolute Gasteiger partial charge is 0.447 e. The van der Waals surface area contributed by atoms with E-state index in [1.807, 2.05) is 32.9 Å². The maximum Gasteiger partial charge on any atom is 0.273 e. The normalized spacial score (nSPS) is 12.2. The minimum atomic E-state index is -3.26. The van der Waals surface area contributed by atoms with Crippen LogP contribution in [0.15, 0.2) is 33.4 Å². The van der Waals surface area contributed by atoms with Crippen LogP contribution in [0.25, 0.3) is 0 Å². The van der Waals surface area contributed by atoms with Crippen molar-refractivity contribution in [1.29, 1.82) is 0 Å². The average molecular weight is 429 g/mol. The summed E-state index contributed by atoms with van der Waals surface area (Å²) < 4.78 is 28.6. The molecule has 0 fully saturated rings. The number of amides is 1. The van der Waals surface area contributed by atoms with E-state index in [0.29, 0.717) is 6.42 Å². The molecule has 1 aromatic carbocycles. The maximum atomic E-state index is 12.4. The number of nitrogens with one attached hydrogen (secondary N) is 1. The minimum Gasteiger partial charge on any atom is -0.447 e. The van der Waals surface area contributed by atoms with Gasteiger partial charge in [0.15, 0.2) is 15.5 Å². The number of carbonyl (C=O) groups is 1. The molecule has 0 aliphatic rings. The first-order valence-electron chi connectivity index (χ1n) is 7.65. The zero-order chi connectivity index (χ0) is 18.8. The van der Waals surface area contributed by atoms with Crippen molar-refractivity contribution in [2.75, 3.05) is 6.26 Å². The highest BCUT2D eigenvalue weighted by Gasteiger charge is 2.24. The Hall–Kier alpha value is -1.67. The van der Waals surface area contributed by atoms with Gasteiger partial charge in [-0.15, -0.1) is 0 Å². The molecule has 0 saturated heterocycles. The van der Waals surface area contributed by atoms with E-state index < -0.39 is 21.3 Å². The second-order valence-electron chi connectivity index (χ2n) is 6.79. The van der Waals surface area contributed by atoms with Crippen LogP contribution in [-0.4, -0.2) is 31.1 Å². The predicted octanol–water partition coefficient (Wildman–Crippen LogP) is 3.04. The van der Waals surface area contributed by atoms with Gasteiger partial charge in [0.25, 0.3) is 5.91 Å². The molecule has 0 aliphatic carbocycles. The summed E-state index contributed by atoms with van der Waals surface area (Å²) in [5.74, 6) is -0.724. The van der Waals surface area contributed by atoms with E-state index in [2.05, 4.69) is 32.3 Å². The molecule has 1 amide bonds. The molecule has 1 aromatic heterocycles. The molecule has 6 nitrogen and oxygen atoms in total. The summed E-state index contributed by atoms with van der Waals surface area (Å²) in [6.07, 6.45) is 2.90. The first kappa shape index (κ1) is 19.7. The molecule has 8 heteroatoms. The monoisotopic (exact) mass is 428 g/mol. The molecule has 0 aliphatic heterocycles. The number of aromatic nitrogens is 1. The highest BCUT2D eigenvalue weighted by Crippen LogP contribution is 2.20. The summed E-state index contributed by atoms with van der Waals surface area (Å²) in [6, 6.07) is 6.06. The molecule has 0 unspecified atom stereocenters. The lowest BCUT2D eigenvalue weighted by molar-refractivity contribution is 0.0908. The summed E-state index contributed by atoms with van der Waals surface area (Å²) in [7, 11) is -3.26. The molecular weight excluding hydrogens is 408 g/mol. The van der Waals surface area contributed by atoms with E-state index in [4.69, 9.17) is 4.42 Å². The van der Waals surface area contributed by atoms with Gasteiger partial charge >= 0.3 is 0 Å². The number of carbonyl (C=O) groups excluding carboxylic acids is 1. The van der Waals surface area contributed by atoms with Gasteiger partial charge < -0.3 is 9.73 Å². The number of nitrogens with zero attached hydrogens (tertiary/aromatic N) is 1. The number of benzene rings is 1. The van der Waals surface area contributed by atoms with Gasteiger partial charge in [-0.2, -0.15) is 0 Å². The Balaban J connectivity index is 2.06. The zero-order valence-electron chi connectivity index (χ0n) is 14.6. The Morgan fingerprint density at radius 2 is 2.04 bits per heavy atom. The third-order valence-corrected chi connectivity index (χ3v) is 5.15. The van der Waals surface area contributed by atoms with Gasteiger partial charge in [-0.05, 0) is 44.4 Å². The zero-order valence-corrected chi connectivity index (χ0v) is 17.0. The van der Waals surface area contributed by atoms with Crippen molar-refractivity contribution in [2.24, 2.45) is 0 Å². The Morgan fingerprint density at radius 3 is 2.64 bits per heavy atom. The molecule has 2 aromatic rings. The summed E-state index contributed by atoms with van der Waals surface area (Å²) in [5, 5.41) is 2.91. The third kappa shape index (κ3) is 5.97. The summed E-state index contributed by atoms with van der Waals surface area (Å²) in [5.41, 5.74) is 1.79. The molecule has 0 saturated carbocycles. The third-order valence-electron chi connectivity index (χ3n) is 3.49. The molecule has 0 spiro atoms. The molecule has 25 heavy (non-hydrogen) atoms. The Kier molecular flexibility index (Phi) is 5.73. The second kappa shape index (κ2) is 7.29. The fourth-order valence-electron chi connectivity index (χ4n) is 2.45. The van der Waals surface area contributed by atoms with Crippen LogP contribution in [0.3, 0.4) is 0 Å². The van der Waals surface area contributed by atoms with Gasteiger partial charge in [0.05, 0.1) is 0 Å². The van der Waals surface area contributed by atoms with E-state index in [-0.39, 0.29) is 17.3 Å². The maximum absolute atomic E-state index is 12.4. The van der Waals surface area contributed by atoms with Crippen molar-refractivity contribution in [2.45, 2.75) is 38.5 Å². The smallest absolute Gasteiger partial charge is 0.273 e. The lowest BCUT2D eigenvalue weighted by Gasteiger charge is -2.26. The van der Waals surface area contributed by atoms with Crippen LogP contribution in [0.5, 0.6) is 0 Å². The van der Waals surface area contributed by atoms with E-state index in [0.717, 1.165) is 21.9 Å². The molecule has 2 rings (SSSR count). The predicted molar refractivity (Wildman–Crippen MR) is 99.2 cm³/mol. The molecule has 0 atom stereocenters. The molecular formula is C17H21BrN2O4S. The highest BCUT2D eigenvalue weighted by molar-refractivity contribution is 9.10. The number of aryl methyl sites for hydroxylation is 1. The van der Waals surface area contributed by atoms with Gasteiger partial charge in [0, 0.05) is 16.3 Å². The quantitative estimate of drug-likeness (QED) is 0.763. The van der Waals surface area contributed by atoms with E-state index in [1.54, 1.807) is 0 Å². The van der Waals surface area contributed by atoms with Crippen molar-refractivity contribution in [1.82, 2.24) is 10.3 Å². The lowest BCUT2D eigenvalue weighted by atomic mass is 9.94. The van der Waals surface area contributed by atoms with Crippen LogP contribution >= 0.6 is 15.9 Å². The Morgan fingerprint density at radius 1 is 1.36 bits per heavy atom. The first-order valence-corrected chi connectivity index (χ1v) is 10.5. The number of hydrogen-bond acceptors (Lipinski definition) is 5. The SMILES string of the molecule is Cc1cc(CC(C)(C)NC(=O)c2coc(CS(C)(=O)=O)n2)ccc1Br. The first-order chi connectivity index (χ1) is 11.5. The summed E-state index contributed by atoms with van der Waals surface area (Å²) in [4.78, 5) is 16.3. The number of oxazole rings is 1. The highest BCUT2D eigenvalue weighted by atomic mass is 79.9. The summed E-state index contributed by atoms with van der Waals surface area (Å²) >= 11 is 3.47. The average Bonchev–Trinajstić information content (AvgIpc) is 2.88.